The molecule has 0 spiro atoms. The third-order valence-electron chi connectivity index (χ3n) is 3.16. The highest BCUT2D eigenvalue weighted by molar-refractivity contribution is 6.29. The van der Waals surface area contributed by atoms with Crippen molar-refractivity contribution in [2.24, 2.45) is 0 Å². The number of carbonyl (C=O) groups excluding carboxylic acids is 1. The molecule has 0 bridgehead atoms. The summed E-state index contributed by atoms with van der Waals surface area (Å²) in [6, 6.07) is 13.5. The summed E-state index contributed by atoms with van der Waals surface area (Å²) in [6.45, 7) is 3.35. The van der Waals surface area contributed by atoms with Gasteiger partial charge >= 0.3 is 0 Å². The molecule has 0 atom stereocenters. The summed E-state index contributed by atoms with van der Waals surface area (Å²) < 4.78 is 0. The highest BCUT2D eigenvalue weighted by Gasteiger charge is 2.14. The smallest absolute Gasteiger partial charge is 0.255 e. The maximum Gasteiger partial charge on any atom is 0.255 e. The van der Waals surface area contributed by atoms with Crippen LogP contribution in [0.3, 0.4) is 0 Å². The summed E-state index contributed by atoms with van der Waals surface area (Å²) in [6.07, 6.45) is 2.37. The number of hydrogen-bond acceptors (Lipinski definition) is 2. The Morgan fingerprint density at radius 1 is 1.20 bits per heavy atom. The van der Waals surface area contributed by atoms with Crippen molar-refractivity contribution in [3.05, 3.63) is 64.9 Å². The zero-order valence-corrected chi connectivity index (χ0v) is 12.2. The Hall–Kier alpha value is -1.87. The second-order valence-electron chi connectivity index (χ2n) is 4.49. The van der Waals surface area contributed by atoms with Crippen LogP contribution in [0, 0.1) is 0 Å². The Morgan fingerprint density at radius 3 is 2.55 bits per heavy atom. The maximum absolute atomic E-state index is 12.4. The summed E-state index contributed by atoms with van der Waals surface area (Å²) in [7, 11) is 0. The fourth-order valence-electron chi connectivity index (χ4n) is 2.00. The average molecular weight is 289 g/mol. The Labute approximate surface area is 124 Å². The van der Waals surface area contributed by atoms with Gasteiger partial charge in [-0.15, -0.1) is 0 Å². The van der Waals surface area contributed by atoms with Crippen LogP contribution < -0.4 is 0 Å². The normalized spacial score (nSPS) is 10.3. The molecule has 1 aromatic carbocycles. The minimum absolute atomic E-state index is 0.00685. The van der Waals surface area contributed by atoms with Gasteiger partial charge in [-0.2, -0.15) is 0 Å². The first-order valence-corrected chi connectivity index (χ1v) is 7.03. The van der Waals surface area contributed by atoms with E-state index in [1.807, 2.05) is 30.0 Å². The molecule has 3 nitrogen and oxygen atoms in total. The summed E-state index contributed by atoms with van der Waals surface area (Å²) in [4.78, 5) is 18.1. The van der Waals surface area contributed by atoms with E-state index in [1.165, 1.54) is 11.8 Å². The molecule has 0 aliphatic heterocycles. The molecule has 0 saturated carbocycles. The number of nitrogens with zero attached hydrogens (tertiary/aromatic N) is 2. The van der Waals surface area contributed by atoms with Gasteiger partial charge in [0.05, 0.1) is 5.56 Å². The zero-order valence-electron chi connectivity index (χ0n) is 11.4. The molecule has 1 amide bonds. The molecule has 2 rings (SSSR count). The molecule has 104 valence electrons. The minimum atomic E-state index is -0.00685. The average Bonchev–Trinajstić information content (AvgIpc) is 2.49. The lowest BCUT2D eigenvalue weighted by atomic mass is 10.1. The summed E-state index contributed by atoms with van der Waals surface area (Å²) in [5, 5.41) is 0.397. The van der Waals surface area contributed by atoms with Gasteiger partial charge in [0.15, 0.2) is 0 Å². The lowest BCUT2D eigenvalue weighted by molar-refractivity contribution is 0.0766. The number of likely N-dealkylation sites (N-methyl/N-ethyl adjacent to an activating group) is 1. The van der Waals surface area contributed by atoms with Gasteiger partial charge in [-0.1, -0.05) is 41.9 Å². The van der Waals surface area contributed by atoms with Crippen molar-refractivity contribution in [2.45, 2.75) is 13.3 Å². The standard InChI is InChI=1S/C16H17ClN2O/c1-2-19(11-10-13-6-4-3-5-7-13)16(20)14-8-9-15(17)18-12-14/h3-9,12H,2,10-11H2,1H3. The topological polar surface area (TPSA) is 33.2 Å². The molecule has 0 fully saturated rings. The van der Waals surface area contributed by atoms with E-state index in [4.69, 9.17) is 11.6 Å². The van der Waals surface area contributed by atoms with Gasteiger partial charge in [0.2, 0.25) is 0 Å². The third kappa shape index (κ3) is 3.81. The quantitative estimate of drug-likeness (QED) is 0.790. The van der Waals surface area contributed by atoms with Crippen LogP contribution in [0.4, 0.5) is 0 Å². The van der Waals surface area contributed by atoms with Crippen LogP contribution in [0.2, 0.25) is 5.15 Å². The molecule has 0 unspecified atom stereocenters. The zero-order chi connectivity index (χ0) is 14.4. The monoisotopic (exact) mass is 288 g/mol. The number of pyridine rings is 1. The van der Waals surface area contributed by atoms with E-state index in [0.29, 0.717) is 23.8 Å². The van der Waals surface area contributed by atoms with E-state index in [9.17, 15) is 4.79 Å². The SMILES string of the molecule is CCN(CCc1ccccc1)C(=O)c1ccc(Cl)nc1. The van der Waals surface area contributed by atoms with Crippen molar-refractivity contribution in [1.82, 2.24) is 9.88 Å². The molecule has 0 aliphatic rings. The number of benzene rings is 1. The Morgan fingerprint density at radius 2 is 1.95 bits per heavy atom. The molecule has 4 heteroatoms. The molecule has 0 radical (unpaired) electrons. The van der Waals surface area contributed by atoms with Crippen LogP contribution in [0.5, 0.6) is 0 Å². The molecule has 0 saturated heterocycles. The van der Waals surface area contributed by atoms with Crippen LogP contribution >= 0.6 is 11.6 Å². The molecule has 1 aromatic heterocycles. The van der Waals surface area contributed by atoms with Crippen molar-refractivity contribution in [2.75, 3.05) is 13.1 Å². The van der Waals surface area contributed by atoms with Crippen LogP contribution in [0.15, 0.2) is 48.7 Å². The summed E-state index contributed by atoms with van der Waals surface area (Å²) >= 11 is 5.73. The molecular formula is C16H17ClN2O. The van der Waals surface area contributed by atoms with E-state index in [1.54, 1.807) is 12.1 Å². The molecule has 0 N–H and O–H groups in total. The largest absolute Gasteiger partial charge is 0.339 e. The van der Waals surface area contributed by atoms with Crippen LogP contribution in [0.25, 0.3) is 0 Å². The number of halogens is 1. The highest BCUT2D eigenvalue weighted by Crippen LogP contribution is 2.09. The van der Waals surface area contributed by atoms with Crippen LogP contribution in [-0.2, 0) is 6.42 Å². The molecule has 20 heavy (non-hydrogen) atoms. The first kappa shape index (κ1) is 14.5. The second-order valence-corrected chi connectivity index (χ2v) is 4.88. The predicted octanol–water partition coefficient (Wildman–Crippen LogP) is 3.44. The summed E-state index contributed by atoms with van der Waals surface area (Å²) in [5.74, 6) is -0.00685. The minimum Gasteiger partial charge on any atom is -0.339 e. The van der Waals surface area contributed by atoms with Gasteiger partial charge in [-0.25, -0.2) is 4.98 Å². The lowest BCUT2D eigenvalue weighted by Crippen LogP contribution is -2.32. The van der Waals surface area contributed by atoms with E-state index in [0.717, 1.165) is 6.42 Å². The van der Waals surface area contributed by atoms with Crippen molar-refractivity contribution in [3.63, 3.8) is 0 Å². The Kier molecular flexibility index (Phi) is 5.13. The van der Waals surface area contributed by atoms with Gasteiger partial charge in [0.1, 0.15) is 5.15 Å². The molecular weight excluding hydrogens is 272 g/mol. The number of amides is 1. The first-order valence-electron chi connectivity index (χ1n) is 6.65. The number of carbonyl (C=O) groups is 1. The van der Waals surface area contributed by atoms with Crippen molar-refractivity contribution >= 4 is 17.5 Å². The van der Waals surface area contributed by atoms with Gasteiger partial charge in [-0.05, 0) is 31.0 Å². The van der Waals surface area contributed by atoms with Gasteiger partial charge in [0, 0.05) is 19.3 Å². The second kappa shape index (κ2) is 7.06. The molecule has 0 aliphatic carbocycles. The van der Waals surface area contributed by atoms with E-state index in [2.05, 4.69) is 17.1 Å². The summed E-state index contributed by atoms with van der Waals surface area (Å²) in [5.41, 5.74) is 1.80. The third-order valence-corrected chi connectivity index (χ3v) is 3.38. The molecule has 2 aromatic rings. The van der Waals surface area contributed by atoms with Crippen molar-refractivity contribution < 1.29 is 4.79 Å². The lowest BCUT2D eigenvalue weighted by Gasteiger charge is -2.20. The van der Waals surface area contributed by atoms with Crippen LogP contribution in [-0.4, -0.2) is 28.9 Å². The van der Waals surface area contributed by atoms with Crippen molar-refractivity contribution in [3.8, 4) is 0 Å². The van der Waals surface area contributed by atoms with E-state index >= 15 is 0 Å². The highest BCUT2D eigenvalue weighted by atomic mass is 35.5. The first-order chi connectivity index (χ1) is 9.70. The number of aromatic nitrogens is 1. The van der Waals surface area contributed by atoms with E-state index in [-0.39, 0.29) is 5.91 Å². The predicted molar refractivity (Wildman–Crippen MR) is 81.0 cm³/mol. The maximum atomic E-state index is 12.4. The Bertz CT molecular complexity index is 554. The van der Waals surface area contributed by atoms with Gasteiger partial charge < -0.3 is 4.90 Å². The Balaban J connectivity index is 2.00. The van der Waals surface area contributed by atoms with Crippen LogP contribution in [0.1, 0.15) is 22.8 Å². The van der Waals surface area contributed by atoms with Gasteiger partial charge in [0.25, 0.3) is 5.91 Å². The molecule has 1 heterocycles. The van der Waals surface area contributed by atoms with Crippen molar-refractivity contribution in [1.29, 1.82) is 0 Å². The fraction of sp³-hybridized carbons (Fsp3) is 0.250. The van der Waals surface area contributed by atoms with Gasteiger partial charge in [-0.3, -0.25) is 4.79 Å². The number of rotatable bonds is 5. The van der Waals surface area contributed by atoms with E-state index < -0.39 is 0 Å². The number of hydrogen-bond donors (Lipinski definition) is 0. The fourth-order valence-corrected chi connectivity index (χ4v) is 2.11.